The highest BCUT2D eigenvalue weighted by Crippen LogP contribution is 2.08. The number of carbonyl (C=O) groups is 1. The van der Waals surface area contributed by atoms with Gasteiger partial charge in [-0.2, -0.15) is 0 Å². The topological polar surface area (TPSA) is 81.6 Å². The number of aliphatic hydroxyl groups is 2. The summed E-state index contributed by atoms with van der Waals surface area (Å²) in [6, 6.07) is -0.337. The largest absolute Gasteiger partial charge is 0.394 e. The molecule has 0 aromatic heterocycles. The van der Waals surface area contributed by atoms with Gasteiger partial charge in [0.25, 0.3) is 0 Å². The summed E-state index contributed by atoms with van der Waals surface area (Å²) in [7, 11) is 0. The van der Waals surface area contributed by atoms with Gasteiger partial charge >= 0.3 is 0 Å². The summed E-state index contributed by atoms with van der Waals surface area (Å²) in [5.41, 5.74) is -0.605. The Balaban J connectivity index is 2.43. The second kappa shape index (κ2) is 4.25. The van der Waals surface area contributed by atoms with E-state index in [9.17, 15) is 9.90 Å². The minimum absolute atomic E-state index is 0.103. The van der Waals surface area contributed by atoms with Gasteiger partial charge in [-0.05, 0) is 20.3 Å². The van der Waals surface area contributed by atoms with Crippen molar-refractivity contribution >= 4 is 5.91 Å². The number of hydrogen-bond acceptors (Lipinski definition) is 4. The zero-order valence-corrected chi connectivity index (χ0v) is 8.58. The SMILES string of the molecule is CC(C)(CO)NC(=O)C1CC(O)CN1. The van der Waals surface area contributed by atoms with Crippen molar-refractivity contribution in [3.63, 3.8) is 0 Å². The van der Waals surface area contributed by atoms with Crippen LogP contribution in [0.3, 0.4) is 0 Å². The van der Waals surface area contributed by atoms with E-state index in [1.54, 1.807) is 13.8 Å². The van der Waals surface area contributed by atoms with Gasteiger partial charge in [0.1, 0.15) is 0 Å². The fraction of sp³-hybridized carbons (Fsp3) is 0.889. The van der Waals surface area contributed by atoms with Gasteiger partial charge in [-0.15, -0.1) is 0 Å². The van der Waals surface area contributed by atoms with Crippen molar-refractivity contribution < 1.29 is 15.0 Å². The lowest BCUT2D eigenvalue weighted by Crippen LogP contribution is -2.52. The van der Waals surface area contributed by atoms with E-state index in [1.165, 1.54) is 0 Å². The van der Waals surface area contributed by atoms with Gasteiger partial charge in [0.2, 0.25) is 5.91 Å². The molecule has 2 atom stereocenters. The standard InChI is InChI=1S/C9H18N2O3/c1-9(2,5-12)11-8(14)7-3-6(13)4-10-7/h6-7,10,12-13H,3-5H2,1-2H3,(H,11,14). The maximum absolute atomic E-state index is 11.6. The number of aliphatic hydroxyl groups excluding tert-OH is 2. The number of hydrogen-bond donors (Lipinski definition) is 4. The highest BCUT2D eigenvalue weighted by molar-refractivity contribution is 5.82. The third-order valence-electron chi connectivity index (χ3n) is 2.28. The molecular weight excluding hydrogens is 184 g/mol. The maximum atomic E-state index is 11.6. The molecule has 0 spiro atoms. The van der Waals surface area contributed by atoms with E-state index in [1.807, 2.05) is 0 Å². The van der Waals surface area contributed by atoms with Gasteiger partial charge < -0.3 is 20.8 Å². The van der Waals surface area contributed by atoms with Gasteiger partial charge in [0.05, 0.1) is 24.3 Å². The molecule has 82 valence electrons. The van der Waals surface area contributed by atoms with E-state index in [0.29, 0.717) is 13.0 Å². The predicted octanol–water partition coefficient (Wildman–Crippen LogP) is -1.40. The number of nitrogens with one attached hydrogen (secondary N) is 2. The van der Waals surface area contributed by atoms with E-state index >= 15 is 0 Å². The Morgan fingerprint density at radius 3 is 2.71 bits per heavy atom. The molecule has 0 saturated carbocycles. The molecule has 1 amide bonds. The molecule has 1 fully saturated rings. The van der Waals surface area contributed by atoms with Crippen LogP contribution in [-0.2, 0) is 4.79 Å². The lowest BCUT2D eigenvalue weighted by molar-refractivity contribution is -0.125. The van der Waals surface area contributed by atoms with Crippen LogP contribution >= 0.6 is 0 Å². The molecule has 5 heteroatoms. The van der Waals surface area contributed by atoms with Crippen molar-refractivity contribution in [1.29, 1.82) is 0 Å². The zero-order chi connectivity index (χ0) is 10.8. The third kappa shape index (κ3) is 2.94. The van der Waals surface area contributed by atoms with Crippen LogP contribution in [0.25, 0.3) is 0 Å². The summed E-state index contributed by atoms with van der Waals surface area (Å²) >= 11 is 0. The molecule has 0 aliphatic carbocycles. The minimum atomic E-state index is -0.605. The Morgan fingerprint density at radius 2 is 2.29 bits per heavy atom. The lowest BCUT2D eigenvalue weighted by atomic mass is 10.1. The highest BCUT2D eigenvalue weighted by Gasteiger charge is 2.30. The normalized spacial score (nSPS) is 27.7. The molecule has 2 unspecified atom stereocenters. The Hall–Kier alpha value is -0.650. The van der Waals surface area contributed by atoms with Crippen LogP contribution < -0.4 is 10.6 Å². The summed E-state index contributed by atoms with van der Waals surface area (Å²) in [5, 5.41) is 23.8. The molecule has 1 rings (SSSR count). The number of β-amino-alcohol motifs (C(OH)–C–C–N with tert-alkyl or cyclic N) is 1. The zero-order valence-electron chi connectivity index (χ0n) is 8.58. The van der Waals surface area contributed by atoms with Crippen molar-refractivity contribution in [2.75, 3.05) is 13.2 Å². The van der Waals surface area contributed by atoms with Gasteiger partial charge in [0.15, 0.2) is 0 Å². The number of amides is 1. The Labute approximate surface area is 83.5 Å². The van der Waals surface area contributed by atoms with Crippen LogP contribution in [-0.4, -0.2) is 47.0 Å². The summed E-state index contributed by atoms with van der Waals surface area (Å²) in [6.45, 7) is 3.85. The Kier molecular flexibility index (Phi) is 3.47. The highest BCUT2D eigenvalue weighted by atomic mass is 16.3. The lowest BCUT2D eigenvalue weighted by Gasteiger charge is -2.25. The van der Waals surface area contributed by atoms with Crippen LogP contribution in [0.1, 0.15) is 20.3 Å². The van der Waals surface area contributed by atoms with Crippen molar-refractivity contribution in [3.05, 3.63) is 0 Å². The average molecular weight is 202 g/mol. The molecule has 1 saturated heterocycles. The molecule has 4 N–H and O–H groups in total. The molecule has 0 bridgehead atoms. The molecular formula is C9H18N2O3. The second-order valence-electron chi connectivity index (χ2n) is 4.38. The first-order chi connectivity index (χ1) is 6.44. The van der Waals surface area contributed by atoms with Crippen molar-refractivity contribution in [3.8, 4) is 0 Å². The Morgan fingerprint density at radius 1 is 1.64 bits per heavy atom. The maximum Gasteiger partial charge on any atom is 0.237 e. The molecule has 1 aliphatic heterocycles. The van der Waals surface area contributed by atoms with Crippen molar-refractivity contribution in [2.45, 2.75) is 38.0 Å². The van der Waals surface area contributed by atoms with E-state index in [0.717, 1.165) is 0 Å². The fourth-order valence-electron chi connectivity index (χ4n) is 1.38. The monoisotopic (exact) mass is 202 g/mol. The number of rotatable bonds is 3. The first-order valence-corrected chi connectivity index (χ1v) is 4.79. The molecule has 1 aliphatic rings. The van der Waals surface area contributed by atoms with E-state index in [4.69, 9.17) is 5.11 Å². The summed E-state index contributed by atoms with van der Waals surface area (Å²) in [6.07, 6.45) is -0.00384. The molecule has 0 aromatic carbocycles. The van der Waals surface area contributed by atoms with E-state index in [2.05, 4.69) is 10.6 Å². The van der Waals surface area contributed by atoms with Crippen LogP contribution in [0.5, 0.6) is 0 Å². The summed E-state index contributed by atoms with van der Waals surface area (Å²) < 4.78 is 0. The predicted molar refractivity (Wildman–Crippen MR) is 51.7 cm³/mol. The van der Waals surface area contributed by atoms with Crippen LogP contribution in [0.2, 0.25) is 0 Å². The van der Waals surface area contributed by atoms with E-state index in [-0.39, 0.29) is 18.6 Å². The van der Waals surface area contributed by atoms with Crippen LogP contribution in [0, 0.1) is 0 Å². The summed E-state index contributed by atoms with van der Waals surface area (Å²) in [5.74, 6) is -0.166. The van der Waals surface area contributed by atoms with E-state index < -0.39 is 11.6 Å². The van der Waals surface area contributed by atoms with Gasteiger partial charge in [-0.3, -0.25) is 4.79 Å². The molecule has 14 heavy (non-hydrogen) atoms. The average Bonchev–Trinajstić information content (AvgIpc) is 2.51. The number of carbonyl (C=O) groups excluding carboxylic acids is 1. The molecule has 5 nitrogen and oxygen atoms in total. The summed E-state index contributed by atoms with van der Waals surface area (Å²) in [4.78, 5) is 11.6. The fourth-order valence-corrected chi connectivity index (χ4v) is 1.38. The molecule has 1 heterocycles. The Bertz CT molecular complexity index is 218. The quantitative estimate of drug-likeness (QED) is 0.453. The minimum Gasteiger partial charge on any atom is -0.394 e. The van der Waals surface area contributed by atoms with Crippen molar-refractivity contribution in [1.82, 2.24) is 10.6 Å². The molecule has 0 aromatic rings. The van der Waals surface area contributed by atoms with Crippen molar-refractivity contribution in [2.24, 2.45) is 0 Å². The first kappa shape index (κ1) is 11.4. The third-order valence-corrected chi connectivity index (χ3v) is 2.28. The van der Waals surface area contributed by atoms with Gasteiger partial charge in [-0.1, -0.05) is 0 Å². The first-order valence-electron chi connectivity index (χ1n) is 4.79. The van der Waals surface area contributed by atoms with Crippen LogP contribution in [0.4, 0.5) is 0 Å². The smallest absolute Gasteiger partial charge is 0.237 e. The van der Waals surface area contributed by atoms with Crippen LogP contribution in [0.15, 0.2) is 0 Å². The molecule has 0 radical (unpaired) electrons. The van der Waals surface area contributed by atoms with Gasteiger partial charge in [-0.25, -0.2) is 0 Å². The van der Waals surface area contributed by atoms with Gasteiger partial charge in [0, 0.05) is 6.54 Å². The second-order valence-corrected chi connectivity index (χ2v) is 4.38.